The molecule has 1 aliphatic rings. The fraction of sp³-hybridized carbons (Fsp3) is 0.500. The number of hydrogen-bond donors (Lipinski definition) is 0. The van der Waals surface area contributed by atoms with E-state index in [0.717, 1.165) is 54.7 Å². The van der Waals surface area contributed by atoms with E-state index in [1.54, 1.807) is 0 Å². The highest BCUT2D eigenvalue weighted by Crippen LogP contribution is 2.19. The van der Waals surface area contributed by atoms with E-state index in [2.05, 4.69) is 38.9 Å². The van der Waals surface area contributed by atoms with Crippen molar-refractivity contribution in [2.24, 2.45) is 0 Å². The molecular formula is C20H23BrO2S. The van der Waals surface area contributed by atoms with Crippen LogP contribution in [0, 0.1) is 23.0 Å². The number of ether oxygens (including phenoxy) is 2. The Morgan fingerprint density at radius 2 is 2.00 bits per heavy atom. The van der Waals surface area contributed by atoms with Crippen LogP contribution in [0.5, 0.6) is 0 Å². The summed E-state index contributed by atoms with van der Waals surface area (Å²) in [7, 11) is 0. The van der Waals surface area contributed by atoms with Gasteiger partial charge in [0, 0.05) is 29.0 Å². The van der Waals surface area contributed by atoms with Gasteiger partial charge in [-0.1, -0.05) is 28.3 Å². The summed E-state index contributed by atoms with van der Waals surface area (Å²) in [5.74, 6) is 8.92. The van der Waals surface area contributed by atoms with E-state index in [1.165, 1.54) is 24.6 Å². The lowest BCUT2D eigenvalue weighted by Gasteiger charge is -2.22. The van der Waals surface area contributed by atoms with Crippen molar-refractivity contribution in [2.75, 3.05) is 13.2 Å². The molecule has 24 heavy (non-hydrogen) atoms. The summed E-state index contributed by atoms with van der Waals surface area (Å²) in [5.41, 5.74) is 0. The van der Waals surface area contributed by atoms with Crippen molar-refractivity contribution in [3.63, 3.8) is 0 Å². The van der Waals surface area contributed by atoms with Gasteiger partial charge in [-0.2, -0.15) is 0 Å². The molecule has 0 radical (unpaired) electrons. The monoisotopic (exact) mass is 406 g/mol. The highest BCUT2D eigenvalue weighted by molar-refractivity contribution is 9.10. The van der Waals surface area contributed by atoms with Crippen LogP contribution in [0.4, 0.5) is 0 Å². The van der Waals surface area contributed by atoms with Gasteiger partial charge in [0.2, 0.25) is 0 Å². The molecule has 1 atom stereocenters. The predicted octanol–water partition coefficient (Wildman–Crippen LogP) is 5.61. The topological polar surface area (TPSA) is 18.5 Å². The van der Waals surface area contributed by atoms with Crippen LogP contribution in [-0.4, -0.2) is 19.5 Å². The number of thioether (sulfide) groups is 1. The molecule has 1 heterocycles. The van der Waals surface area contributed by atoms with E-state index in [9.17, 15) is 0 Å². The van der Waals surface area contributed by atoms with Crippen molar-refractivity contribution in [2.45, 2.75) is 56.1 Å². The van der Waals surface area contributed by atoms with E-state index >= 15 is 0 Å². The molecule has 2 nitrogen and oxygen atoms in total. The number of hydrogen-bond acceptors (Lipinski definition) is 3. The van der Waals surface area contributed by atoms with Crippen LogP contribution in [0.25, 0.3) is 0 Å². The summed E-state index contributed by atoms with van der Waals surface area (Å²) >= 11 is 4.92. The fourth-order valence-corrected chi connectivity index (χ4v) is 3.03. The molecule has 4 heteroatoms. The van der Waals surface area contributed by atoms with Gasteiger partial charge in [0.05, 0.1) is 0 Å². The second-order valence-electron chi connectivity index (χ2n) is 5.56. The van der Waals surface area contributed by atoms with Crippen LogP contribution < -0.4 is 0 Å². The number of unbranched alkanes of at least 4 members (excludes halogenated alkanes) is 3. The van der Waals surface area contributed by atoms with Gasteiger partial charge in [0.15, 0.2) is 6.29 Å². The molecule has 1 aromatic rings. The average molecular weight is 407 g/mol. The fourth-order valence-electron chi connectivity index (χ4n) is 2.27. The average Bonchev–Trinajstić information content (AvgIpc) is 2.62. The first-order chi connectivity index (χ1) is 11.8. The second kappa shape index (κ2) is 12.5. The van der Waals surface area contributed by atoms with Gasteiger partial charge in [-0.15, -0.1) is 0 Å². The lowest BCUT2D eigenvalue weighted by Crippen LogP contribution is -2.22. The summed E-state index contributed by atoms with van der Waals surface area (Å²) in [6, 6.07) is 8.11. The molecule has 0 spiro atoms. The van der Waals surface area contributed by atoms with Crippen molar-refractivity contribution < 1.29 is 9.47 Å². The van der Waals surface area contributed by atoms with Gasteiger partial charge >= 0.3 is 0 Å². The first-order valence-corrected chi connectivity index (χ1v) is 10.1. The molecule has 0 saturated carbocycles. The maximum atomic E-state index is 5.71. The van der Waals surface area contributed by atoms with Crippen molar-refractivity contribution in [1.29, 1.82) is 0 Å². The Kier molecular flexibility index (Phi) is 10.1. The van der Waals surface area contributed by atoms with Crippen molar-refractivity contribution in [3.8, 4) is 23.0 Å². The summed E-state index contributed by atoms with van der Waals surface area (Å²) in [4.78, 5) is 1.13. The maximum absolute atomic E-state index is 5.71. The molecule has 0 amide bonds. The highest BCUT2D eigenvalue weighted by Gasteiger charge is 2.12. The molecule has 2 rings (SSSR count). The minimum absolute atomic E-state index is 0.0389. The molecule has 0 bridgehead atoms. The zero-order chi connectivity index (χ0) is 16.9. The van der Waals surface area contributed by atoms with Gasteiger partial charge in [-0.25, -0.2) is 0 Å². The molecule has 128 valence electrons. The Morgan fingerprint density at radius 1 is 1.12 bits per heavy atom. The van der Waals surface area contributed by atoms with Crippen molar-refractivity contribution in [1.82, 2.24) is 0 Å². The summed E-state index contributed by atoms with van der Waals surface area (Å²) < 4.78 is 12.3. The molecule has 1 aliphatic heterocycles. The van der Waals surface area contributed by atoms with Crippen LogP contribution in [0.15, 0.2) is 33.6 Å². The minimum Gasteiger partial charge on any atom is -0.353 e. The molecule has 1 aromatic carbocycles. The number of halogens is 1. The third-order valence-corrected chi connectivity index (χ3v) is 4.81. The van der Waals surface area contributed by atoms with Gasteiger partial charge in [-0.05, 0) is 85.2 Å². The van der Waals surface area contributed by atoms with Gasteiger partial charge in [0.25, 0.3) is 0 Å². The molecule has 1 saturated heterocycles. The standard InChI is InChI=1S/C20H23BrO2S/c21-18-11-13-19(14-12-18)24-17-9-5-3-1-2-4-7-15-22-20-10-6-8-16-23-20/h11-14,20H,1-2,4,6-8,10,15-16H2. The third-order valence-electron chi connectivity index (χ3n) is 3.57. The lowest BCUT2D eigenvalue weighted by atomic mass is 10.2. The van der Waals surface area contributed by atoms with Crippen LogP contribution in [0.3, 0.4) is 0 Å². The quantitative estimate of drug-likeness (QED) is 0.333. The maximum Gasteiger partial charge on any atom is 0.157 e. The first-order valence-electron chi connectivity index (χ1n) is 8.48. The predicted molar refractivity (Wildman–Crippen MR) is 104 cm³/mol. The van der Waals surface area contributed by atoms with E-state index < -0.39 is 0 Å². The summed E-state index contributed by atoms with van der Waals surface area (Å²) in [6.45, 7) is 1.64. The lowest BCUT2D eigenvalue weighted by molar-refractivity contribution is -0.162. The number of benzene rings is 1. The number of rotatable bonds is 7. The second-order valence-corrected chi connectivity index (χ2v) is 7.36. The first kappa shape index (κ1) is 19.4. The Hall–Kier alpha value is -0.910. The Balaban J connectivity index is 1.47. The Morgan fingerprint density at radius 3 is 2.79 bits per heavy atom. The largest absolute Gasteiger partial charge is 0.353 e. The van der Waals surface area contributed by atoms with Gasteiger partial charge in [0.1, 0.15) is 0 Å². The Labute approximate surface area is 158 Å². The third kappa shape index (κ3) is 8.81. The Bertz CT molecular complexity index is 586. The zero-order valence-electron chi connectivity index (χ0n) is 13.9. The van der Waals surface area contributed by atoms with Gasteiger partial charge in [-0.3, -0.25) is 0 Å². The highest BCUT2D eigenvalue weighted by atomic mass is 79.9. The van der Waals surface area contributed by atoms with Crippen molar-refractivity contribution in [3.05, 3.63) is 28.7 Å². The molecule has 0 aromatic heterocycles. The molecule has 1 fully saturated rings. The zero-order valence-corrected chi connectivity index (χ0v) is 16.3. The molecule has 1 unspecified atom stereocenters. The summed E-state index contributed by atoms with van der Waals surface area (Å²) in [6.07, 6.45) is 7.69. The molecular weight excluding hydrogens is 384 g/mol. The molecule has 0 N–H and O–H groups in total. The van der Waals surface area contributed by atoms with E-state index in [0.29, 0.717) is 0 Å². The smallest absolute Gasteiger partial charge is 0.157 e. The van der Waals surface area contributed by atoms with Gasteiger partial charge < -0.3 is 9.47 Å². The van der Waals surface area contributed by atoms with Crippen LogP contribution in [-0.2, 0) is 9.47 Å². The van der Waals surface area contributed by atoms with Crippen molar-refractivity contribution >= 4 is 27.7 Å². The summed E-state index contributed by atoms with van der Waals surface area (Å²) in [5, 5.41) is 3.01. The molecule has 0 aliphatic carbocycles. The van der Waals surface area contributed by atoms with Crippen LogP contribution in [0.1, 0.15) is 44.9 Å². The van der Waals surface area contributed by atoms with E-state index in [1.807, 2.05) is 24.3 Å². The van der Waals surface area contributed by atoms with Crippen LogP contribution >= 0.6 is 27.7 Å². The SMILES string of the molecule is Brc1ccc(SC#CC#CCCCCCOC2CCCCO2)cc1. The minimum atomic E-state index is 0.0389. The van der Waals surface area contributed by atoms with E-state index in [4.69, 9.17) is 9.47 Å². The van der Waals surface area contributed by atoms with Crippen LogP contribution in [0.2, 0.25) is 0 Å². The normalized spacial score (nSPS) is 16.6. The van der Waals surface area contributed by atoms with E-state index in [-0.39, 0.29) is 6.29 Å².